The van der Waals surface area contributed by atoms with Crippen LogP contribution in [-0.4, -0.2) is 11.5 Å². The molecule has 0 aliphatic heterocycles. The standard InChI is InChI=1S/C5H6Cl2N2/c1-4(6)2-5(7)9-3-8/h2-3,8H,1H3/b4-2+,8-3?,9-5?. The van der Waals surface area contributed by atoms with Gasteiger partial charge in [-0.2, -0.15) is 0 Å². The van der Waals surface area contributed by atoms with Crippen LogP contribution in [-0.2, 0) is 0 Å². The molecule has 1 N–H and O–H groups in total. The summed E-state index contributed by atoms with van der Waals surface area (Å²) in [6.07, 6.45) is 2.33. The molecule has 0 aromatic carbocycles. The van der Waals surface area contributed by atoms with E-state index in [4.69, 9.17) is 28.6 Å². The molecule has 0 saturated heterocycles. The van der Waals surface area contributed by atoms with Gasteiger partial charge in [-0.1, -0.05) is 23.2 Å². The van der Waals surface area contributed by atoms with Crippen molar-refractivity contribution >= 4 is 34.7 Å². The molecule has 0 aliphatic rings. The quantitative estimate of drug-likeness (QED) is 0.481. The van der Waals surface area contributed by atoms with Crippen molar-refractivity contribution in [1.29, 1.82) is 5.41 Å². The summed E-state index contributed by atoms with van der Waals surface area (Å²) < 4.78 is 0. The number of nitrogens with zero attached hydrogens (tertiary/aromatic N) is 1. The molecule has 0 aromatic heterocycles. The van der Waals surface area contributed by atoms with Crippen LogP contribution in [0.5, 0.6) is 0 Å². The summed E-state index contributed by atoms with van der Waals surface area (Å²) in [7, 11) is 0. The minimum Gasteiger partial charge on any atom is -0.289 e. The number of allylic oxidation sites excluding steroid dienone is 2. The van der Waals surface area contributed by atoms with E-state index >= 15 is 0 Å². The van der Waals surface area contributed by atoms with Crippen LogP contribution in [0.3, 0.4) is 0 Å². The van der Waals surface area contributed by atoms with E-state index in [1.807, 2.05) is 0 Å². The van der Waals surface area contributed by atoms with Gasteiger partial charge in [-0.15, -0.1) is 0 Å². The molecule has 0 fully saturated rings. The van der Waals surface area contributed by atoms with E-state index in [0.29, 0.717) is 5.03 Å². The molecule has 0 aromatic rings. The van der Waals surface area contributed by atoms with Crippen molar-refractivity contribution in [1.82, 2.24) is 0 Å². The largest absolute Gasteiger partial charge is 0.289 e. The zero-order chi connectivity index (χ0) is 7.28. The van der Waals surface area contributed by atoms with Crippen molar-refractivity contribution in [3.8, 4) is 0 Å². The molecular formula is C5H6Cl2N2. The zero-order valence-corrected chi connectivity index (χ0v) is 6.37. The molecule has 0 saturated carbocycles. The van der Waals surface area contributed by atoms with E-state index in [9.17, 15) is 0 Å². The van der Waals surface area contributed by atoms with Gasteiger partial charge in [0.15, 0.2) is 0 Å². The van der Waals surface area contributed by atoms with Crippen molar-refractivity contribution in [2.24, 2.45) is 4.99 Å². The van der Waals surface area contributed by atoms with E-state index < -0.39 is 0 Å². The molecule has 0 unspecified atom stereocenters. The molecule has 4 heteroatoms. The summed E-state index contributed by atoms with van der Waals surface area (Å²) in [4.78, 5) is 3.43. The van der Waals surface area contributed by atoms with Crippen molar-refractivity contribution in [2.75, 3.05) is 0 Å². The Morgan fingerprint density at radius 1 is 1.56 bits per heavy atom. The number of hydrogen-bond donors (Lipinski definition) is 1. The van der Waals surface area contributed by atoms with Gasteiger partial charge in [-0.3, -0.25) is 5.41 Å². The van der Waals surface area contributed by atoms with Crippen LogP contribution < -0.4 is 0 Å². The lowest BCUT2D eigenvalue weighted by Crippen LogP contribution is -1.79. The first-order valence-electron chi connectivity index (χ1n) is 2.23. The van der Waals surface area contributed by atoms with Gasteiger partial charge in [0.05, 0.1) is 0 Å². The fourth-order valence-corrected chi connectivity index (χ4v) is 0.635. The summed E-state index contributed by atoms with van der Waals surface area (Å²) in [5.41, 5.74) is 0. The fraction of sp³-hybridized carbons (Fsp3) is 0.200. The first kappa shape index (κ1) is 8.66. The Morgan fingerprint density at radius 2 is 2.11 bits per heavy atom. The highest BCUT2D eigenvalue weighted by atomic mass is 35.5. The smallest absolute Gasteiger partial charge is 0.131 e. The molecule has 0 atom stereocenters. The van der Waals surface area contributed by atoms with Crippen LogP contribution in [0.4, 0.5) is 0 Å². The average molecular weight is 165 g/mol. The minimum atomic E-state index is 0.220. The molecule has 9 heavy (non-hydrogen) atoms. The fourth-order valence-electron chi connectivity index (χ4n) is 0.263. The Balaban J connectivity index is 4.05. The predicted octanol–water partition coefficient (Wildman–Crippen LogP) is 2.37. The van der Waals surface area contributed by atoms with E-state index in [1.54, 1.807) is 6.92 Å². The zero-order valence-electron chi connectivity index (χ0n) is 4.86. The van der Waals surface area contributed by atoms with Crippen LogP contribution in [0.2, 0.25) is 0 Å². The first-order chi connectivity index (χ1) is 4.16. The lowest BCUT2D eigenvalue weighted by Gasteiger charge is -1.83. The van der Waals surface area contributed by atoms with Crippen LogP contribution in [0.1, 0.15) is 6.92 Å². The predicted molar refractivity (Wildman–Crippen MR) is 41.7 cm³/mol. The highest BCUT2D eigenvalue weighted by Crippen LogP contribution is 2.00. The second-order valence-electron chi connectivity index (χ2n) is 1.31. The maximum Gasteiger partial charge on any atom is 0.131 e. The molecule has 0 radical (unpaired) electrons. The van der Waals surface area contributed by atoms with Gasteiger partial charge in [0, 0.05) is 5.03 Å². The van der Waals surface area contributed by atoms with Gasteiger partial charge >= 0.3 is 0 Å². The van der Waals surface area contributed by atoms with Crippen LogP contribution in [0.15, 0.2) is 16.1 Å². The Kier molecular flexibility index (Phi) is 4.36. The Labute approximate surface area is 63.7 Å². The number of halogens is 2. The number of hydrogen-bond acceptors (Lipinski definition) is 1. The average Bonchev–Trinajstić information content (AvgIpc) is 1.63. The second-order valence-corrected chi connectivity index (χ2v) is 2.30. The van der Waals surface area contributed by atoms with Gasteiger partial charge in [0.2, 0.25) is 0 Å². The molecule has 0 rings (SSSR count). The highest BCUT2D eigenvalue weighted by molar-refractivity contribution is 6.69. The molecule has 0 aliphatic carbocycles. The molecule has 50 valence electrons. The third-order valence-corrected chi connectivity index (χ3v) is 0.822. The topological polar surface area (TPSA) is 36.2 Å². The number of aliphatic imine (C=N–C) groups is 1. The third kappa shape index (κ3) is 5.53. The molecule has 0 amide bonds. The normalized spacial score (nSPS) is 13.7. The maximum absolute atomic E-state index is 6.51. The van der Waals surface area contributed by atoms with E-state index in [-0.39, 0.29) is 5.17 Å². The summed E-state index contributed by atoms with van der Waals surface area (Å²) in [5.74, 6) is 0. The summed E-state index contributed by atoms with van der Waals surface area (Å²) in [6, 6.07) is 0. The molecule has 0 bridgehead atoms. The summed E-state index contributed by atoms with van der Waals surface area (Å²) in [6.45, 7) is 1.68. The lowest BCUT2D eigenvalue weighted by atomic mass is 10.5. The van der Waals surface area contributed by atoms with E-state index in [0.717, 1.165) is 6.34 Å². The van der Waals surface area contributed by atoms with Gasteiger partial charge in [-0.05, 0) is 13.0 Å². The Bertz CT molecular complexity index is 156. The third-order valence-electron chi connectivity index (χ3n) is 0.506. The van der Waals surface area contributed by atoms with Crippen molar-refractivity contribution in [3.63, 3.8) is 0 Å². The Hall–Kier alpha value is -0.340. The van der Waals surface area contributed by atoms with E-state index in [1.165, 1.54) is 6.08 Å². The maximum atomic E-state index is 6.51. The minimum absolute atomic E-state index is 0.220. The summed E-state index contributed by atoms with van der Waals surface area (Å²) >= 11 is 10.8. The second kappa shape index (κ2) is 4.53. The van der Waals surface area contributed by atoms with Crippen molar-refractivity contribution in [2.45, 2.75) is 6.92 Å². The lowest BCUT2D eigenvalue weighted by molar-refractivity contribution is 1.52. The van der Waals surface area contributed by atoms with Gasteiger partial charge in [0.1, 0.15) is 11.5 Å². The molecule has 0 spiro atoms. The van der Waals surface area contributed by atoms with Gasteiger partial charge in [0.25, 0.3) is 0 Å². The summed E-state index contributed by atoms with van der Waals surface area (Å²) in [5, 5.41) is 7.27. The highest BCUT2D eigenvalue weighted by Gasteiger charge is 1.85. The molecule has 2 nitrogen and oxygen atoms in total. The first-order valence-corrected chi connectivity index (χ1v) is 2.98. The van der Waals surface area contributed by atoms with Crippen LogP contribution >= 0.6 is 23.2 Å². The molecular weight excluding hydrogens is 159 g/mol. The van der Waals surface area contributed by atoms with E-state index in [2.05, 4.69) is 4.99 Å². The van der Waals surface area contributed by atoms with Crippen molar-refractivity contribution < 1.29 is 0 Å². The monoisotopic (exact) mass is 164 g/mol. The molecule has 0 heterocycles. The van der Waals surface area contributed by atoms with Crippen molar-refractivity contribution in [3.05, 3.63) is 11.1 Å². The number of nitrogens with one attached hydrogen (secondary N) is 1. The SMILES string of the molecule is C/C(Cl)=C\C(Cl)=NC=N. The Morgan fingerprint density at radius 3 is 2.44 bits per heavy atom. The van der Waals surface area contributed by atoms with Crippen LogP contribution in [0, 0.1) is 5.41 Å². The number of rotatable bonds is 2. The van der Waals surface area contributed by atoms with Crippen LogP contribution in [0.25, 0.3) is 0 Å². The van der Waals surface area contributed by atoms with Gasteiger partial charge < -0.3 is 0 Å². The van der Waals surface area contributed by atoms with Gasteiger partial charge in [-0.25, -0.2) is 4.99 Å².